The zero-order chi connectivity index (χ0) is 17.1. The summed E-state index contributed by atoms with van der Waals surface area (Å²) in [5.41, 5.74) is 0.566. The molecule has 0 heterocycles. The third-order valence-corrected chi connectivity index (χ3v) is 9.18. The topological polar surface area (TPSA) is 60.4 Å². The van der Waals surface area contributed by atoms with Gasteiger partial charge in [0.15, 0.2) is 0 Å². The second kappa shape index (κ2) is 5.72. The molecule has 3 nitrogen and oxygen atoms in total. The Hall–Kier alpha value is -0.570. The number of hydrogen-bond donors (Lipinski definition) is 1. The van der Waals surface area contributed by atoms with Gasteiger partial charge < -0.3 is 15.0 Å². The molecule has 0 bridgehead atoms. The van der Waals surface area contributed by atoms with Gasteiger partial charge in [-0.3, -0.25) is 0 Å². The molecule has 0 spiro atoms. The molecule has 0 aromatic carbocycles. The van der Waals surface area contributed by atoms with Crippen molar-refractivity contribution in [2.75, 3.05) is 0 Å². The normalized spacial score (nSPS) is 53.8. The standard InChI is InChI=1S/C21H34O3/c1-20-9-7-13(12-19(23)24)11-14(20)3-4-15-16-5-6-18(22)21(16,2)10-8-17(15)20/h13-18,22H,3-12H2,1-2H3,(H,23,24)/p-1/t13-,14+,15+,16-,17+,18+,20+,21+/m1/s1. The van der Waals surface area contributed by atoms with Gasteiger partial charge in [0.1, 0.15) is 0 Å². The van der Waals surface area contributed by atoms with Crippen LogP contribution in [0.1, 0.15) is 78.1 Å². The van der Waals surface area contributed by atoms with Crippen LogP contribution < -0.4 is 5.11 Å². The van der Waals surface area contributed by atoms with Crippen molar-refractivity contribution in [1.29, 1.82) is 0 Å². The summed E-state index contributed by atoms with van der Waals surface area (Å²) in [7, 11) is 0. The van der Waals surface area contributed by atoms with Gasteiger partial charge in [-0.15, -0.1) is 0 Å². The average Bonchev–Trinajstić information content (AvgIpc) is 2.83. The first-order chi connectivity index (χ1) is 11.3. The van der Waals surface area contributed by atoms with Crippen molar-refractivity contribution in [3.63, 3.8) is 0 Å². The summed E-state index contributed by atoms with van der Waals surface area (Å²) in [4.78, 5) is 11.0. The van der Waals surface area contributed by atoms with Crippen molar-refractivity contribution in [2.24, 2.45) is 40.4 Å². The van der Waals surface area contributed by atoms with E-state index in [4.69, 9.17) is 0 Å². The van der Waals surface area contributed by atoms with Crippen molar-refractivity contribution in [2.45, 2.75) is 84.2 Å². The van der Waals surface area contributed by atoms with E-state index in [0.717, 1.165) is 31.1 Å². The van der Waals surface area contributed by atoms with E-state index in [-0.39, 0.29) is 17.9 Å². The van der Waals surface area contributed by atoms with Crippen molar-refractivity contribution < 1.29 is 15.0 Å². The van der Waals surface area contributed by atoms with Crippen LogP contribution in [0.4, 0.5) is 0 Å². The minimum atomic E-state index is -0.870. The van der Waals surface area contributed by atoms with E-state index in [1.807, 2.05) is 0 Å². The number of aliphatic hydroxyl groups excluding tert-OH is 1. The van der Waals surface area contributed by atoms with Gasteiger partial charge in [0.05, 0.1) is 6.10 Å². The number of hydrogen-bond acceptors (Lipinski definition) is 3. The van der Waals surface area contributed by atoms with Crippen LogP contribution in [0.15, 0.2) is 0 Å². The summed E-state index contributed by atoms with van der Waals surface area (Å²) in [5, 5.41) is 21.5. The molecule has 0 aromatic heterocycles. The van der Waals surface area contributed by atoms with Crippen LogP contribution >= 0.6 is 0 Å². The van der Waals surface area contributed by atoms with Gasteiger partial charge in [-0.05, 0) is 105 Å². The van der Waals surface area contributed by atoms with E-state index in [2.05, 4.69) is 13.8 Å². The van der Waals surface area contributed by atoms with Gasteiger partial charge in [0.2, 0.25) is 0 Å². The lowest BCUT2D eigenvalue weighted by molar-refractivity contribution is -0.307. The van der Waals surface area contributed by atoms with Crippen molar-refractivity contribution in [3.05, 3.63) is 0 Å². The smallest absolute Gasteiger partial charge is 0.0596 e. The zero-order valence-electron chi connectivity index (χ0n) is 15.3. The molecule has 1 N–H and O–H groups in total. The fraction of sp³-hybridized carbons (Fsp3) is 0.952. The SMILES string of the molecule is C[C@]12CC[C@H]3[C@@H](CC[C@H]4C[C@H](CC(=O)[O-])CC[C@@]43C)[C@H]1CC[C@@H]2O. The maximum Gasteiger partial charge on any atom is 0.0596 e. The largest absolute Gasteiger partial charge is 0.550 e. The van der Waals surface area contributed by atoms with Crippen LogP contribution in [-0.2, 0) is 4.79 Å². The second-order valence-electron chi connectivity index (χ2n) is 10.0. The van der Waals surface area contributed by atoms with Gasteiger partial charge in [0.25, 0.3) is 0 Å². The molecule has 0 radical (unpaired) electrons. The fourth-order valence-electron chi connectivity index (χ4n) is 7.74. The third kappa shape index (κ3) is 2.37. The quantitative estimate of drug-likeness (QED) is 0.844. The third-order valence-electron chi connectivity index (χ3n) is 9.18. The molecule has 0 unspecified atom stereocenters. The Kier molecular flexibility index (Phi) is 4.02. The predicted octanol–water partition coefficient (Wildman–Crippen LogP) is 3.15. The molecule has 3 heteroatoms. The van der Waals surface area contributed by atoms with Crippen LogP contribution in [0.3, 0.4) is 0 Å². The number of fused-ring (bicyclic) bond motifs is 5. The van der Waals surface area contributed by atoms with Gasteiger partial charge in [-0.25, -0.2) is 0 Å². The summed E-state index contributed by atoms with van der Waals surface area (Å²) in [5.74, 6) is 2.47. The minimum absolute atomic E-state index is 0.0900. The first-order valence-corrected chi connectivity index (χ1v) is 10.2. The number of carbonyl (C=O) groups is 1. The minimum Gasteiger partial charge on any atom is -0.550 e. The molecule has 4 aliphatic rings. The van der Waals surface area contributed by atoms with E-state index in [1.165, 1.54) is 38.5 Å². The van der Waals surface area contributed by atoms with Crippen LogP contribution in [-0.4, -0.2) is 17.2 Å². The molecule has 24 heavy (non-hydrogen) atoms. The molecule has 136 valence electrons. The summed E-state index contributed by atoms with van der Waals surface area (Å²) in [6.07, 6.45) is 10.8. The number of carbonyl (C=O) groups excluding carboxylic acids is 1. The number of carboxylic acid groups (broad SMARTS) is 1. The van der Waals surface area contributed by atoms with E-state index < -0.39 is 5.97 Å². The summed E-state index contributed by atoms with van der Waals surface area (Å²) >= 11 is 0. The number of rotatable bonds is 2. The number of aliphatic carboxylic acids is 1. The molecular formula is C21H33O3-. The second-order valence-corrected chi connectivity index (χ2v) is 10.0. The van der Waals surface area contributed by atoms with E-state index in [0.29, 0.717) is 23.2 Å². The highest BCUT2D eigenvalue weighted by Crippen LogP contribution is 2.66. The zero-order valence-corrected chi connectivity index (χ0v) is 15.3. The van der Waals surface area contributed by atoms with Crippen LogP contribution in [0, 0.1) is 40.4 Å². The molecule has 4 aliphatic carbocycles. The van der Waals surface area contributed by atoms with Gasteiger partial charge in [-0.2, -0.15) is 0 Å². The Bertz CT molecular complexity index is 517. The molecule has 4 saturated carbocycles. The van der Waals surface area contributed by atoms with E-state index >= 15 is 0 Å². The highest BCUT2D eigenvalue weighted by Gasteiger charge is 2.59. The number of aliphatic hydroxyl groups is 1. The Morgan fingerprint density at radius 3 is 2.46 bits per heavy atom. The van der Waals surface area contributed by atoms with Gasteiger partial charge >= 0.3 is 0 Å². The molecular weight excluding hydrogens is 300 g/mol. The highest BCUT2D eigenvalue weighted by atomic mass is 16.4. The van der Waals surface area contributed by atoms with Crippen LogP contribution in [0.5, 0.6) is 0 Å². The molecule has 0 aromatic rings. The lowest BCUT2D eigenvalue weighted by Crippen LogP contribution is -2.54. The first-order valence-electron chi connectivity index (χ1n) is 10.2. The Morgan fingerprint density at radius 1 is 1.00 bits per heavy atom. The summed E-state index contributed by atoms with van der Waals surface area (Å²) < 4.78 is 0. The van der Waals surface area contributed by atoms with Crippen molar-refractivity contribution in [3.8, 4) is 0 Å². The highest BCUT2D eigenvalue weighted by molar-refractivity contribution is 5.64. The van der Waals surface area contributed by atoms with Crippen LogP contribution in [0.2, 0.25) is 0 Å². The fourth-order valence-corrected chi connectivity index (χ4v) is 7.74. The summed E-state index contributed by atoms with van der Waals surface area (Å²) in [6.45, 7) is 4.86. The van der Waals surface area contributed by atoms with Crippen LogP contribution in [0.25, 0.3) is 0 Å². The maximum atomic E-state index is 11.0. The predicted molar refractivity (Wildman–Crippen MR) is 90.8 cm³/mol. The van der Waals surface area contributed by atoms with Crippen molar-refractivity contribution >= 4 is 5.97 Å². The lowest BCUT2D eigenvalue weighted by atomic mass is 9.44. The van der Waals surface area contributed by atoms with E-state index in [9.17, 15) is 15.0 Å². The van der Waals surface area contributed by atoms with E-state index in [1.54, 1.807) is 0 Å². The first kappa shape index (κ1) is 16.9. The monoisotopic (exact) mass is 333 g/mol. The molecule has 8 atom stereocenters. The van der Waals surface area contributed by atoms with Gasteiger partial charge in [-0.1, -0.05) is 13.8 Å². The molecule has 4 fully saturated rings. The Balaban J connectivity index is 1.53. The maximum absolute atomic E-state index is 11.0. The lowest BCUT2D eigenvalue weighted by Gasteiger charge is -2.61. The Labute approximate surface area is 146 Å². The van der Waals surface area contributed by atoms with Gasteiger partial charge in [0, 0.05) is 5.97 Å². The Morgan fingerprint density at radius 2 is 1.71 bits per heavy atom. The molecule has 0 aliphatic heterocycles. The molecule has 0 saturated heterocycles. The molecule has 0 amide bonds. The average molecular weight is 333 g/mol. The number of carboxylic acids is 1. The molecule has 4 rings (SSSR count). The summed E-state index contributed by atoms with van der Waals surface area (Å²) in [6, 6.07) is 0. The van der Waals surface area contributed by atoms with Crippen molar-refractivity contribution in [1.82, 2.24) is 0 Å².